The lowest BCUT2D eigenvalue weighted by Gasteiger charge is -2.14. The molecule has 0 saturated carbocycles. The van der Waals surface area contributed by atoms with E-state index in [0.29, 0.717) is 6.07 Å². The zero-order valence-corrected chi connectivity index (χ0v) is 11.5. The Labute approximate surface area is 118 Å². The Morgan fingerprint density at radius 2 is 2.00 bits per heavy atom. The minimum Gasteiger partial charge on any atom is -0.305 e. The molecular weight excluding hydrogens is 290 g/mol. The summed E-state index contributed by atoms with van der Waals surface area (Å²) in [6.45, 7) is 2.09. The van der Waals surface area contributed by atoms with Gasteiger partial charge in [0.2, 0.25) is 0 Å². The van der Waals surface area contributed by atoms with Gasteiger partial charge in [0.1, 0.15) is 5.82 Å². The second-order valence-electron chi connectivity index (χ2n) is 4.46. The van der Waals surface area contributed by atoms with Crippen molar-refractivity contribution in [3.8, 4) is 0 Å². The predicted octanol–water partition coefficient (Wildman–Crippen LogP) is 4.76. The van der Waals surface area contributed by atoms with Crippen LogP contribution in [0.4, 0.5) is 17.6 Å². The van der Waals surface area contributed by atoms with Crippen LogP contribution in [0.15, 0.2) is 35.7 Å². The molecule has 0 aliphatic carbocycles. The fraction of sp³-hybridized carbons (Fsp3) is 0.286. The van der Waals surface area contributed by atoms with Crippen molar-refractivity contribution >= 4 is 11.3 Å². The molecule has 0 amide bonds. The van der Waals surface area contributed by atoms with Gasteiger partial charge in [0.15, 0.2) is 0 Å². The van der Waals surface area contributed by atoms with Crippen LogP contribution in [0.2, 0.25) is 0 Å². The summed E-state index contributed by atoms with van der Waals surface area (Å²) in [4.78, 5) is 1.08. The Bertz CT molecular complexity index is 563. The van der Waals surface area contributed by atoms with Crippen molar-refractivity contribution in [1.29, 1.82) is 0 Å². The normalized spacial score (nSPS) is 13.4. The third-order valence-electron chi connectivity index (χ3n) is 2.87. The van der Waals surface area contributed by atoms with Crippen LogP contribution in [-0.2, 0) is 12.7 Å². The fourth-order valence-corrected chi connectivity index (χ4v) is 2.58. The van der Waals surface area contributed by atoms with Crippen molar-refractivity contribution in [2.24, 2.45) is 0 Å². The first kappa shape index (κ1) is 15.0. The molecule has 1 atom stereocenters. The van der Waals surface area contributed by atoms with Crippen molar-refractivity contribution in [3.63, 3.8) is 0 Å². The van der Waals surface area contributed by atoms with E-state index < -0.39 is 17.6 Å². The lowest BCUT2D eigenvalue weighted by Crippen LogP contribution is -2.18. The molecule has 1 nitrogen and oxygen atoms in total. The molecule has 1 heterocycles. The molecule has 1 N–H and O–H groups in total. The summed E-state index contributed by atoms with van der Waals surface area (Å²) in [7, 11) is 0. The van der Waals surface area contributed by atoms with E-state index in [-0.39, 0.29) is 18.2 Å². The van der Waals surface area contributed by atoms with E-state index in [1.807, 2.05) is 24.4 Å². The maximum atomic E-state index is 13.2. The Balaban J connectivity index is 2.08. The lowest BCUT2D eigenvalue weighted by atomic mass is 10.1. The average molecular weight is 303 g/mol. The number of rotatable bonds is 4. The van der Waals surface area contributed by atoms with Crippen LogP contribution in [0.3, 0.4) is 0 Å². The smallest absolute Gasteiger partial charge is 0.305 e. The van der Waals surface area contributed by atoms with Gasteiger partial charge in [0, 0.05) is 17.5 Å². The van der Waals surface area contributed by atoms with Gasteiger partial charge in [0.25, 0.3) is 0 Å². The molecule has 0 aliphatic rings. The number of thiophene rings is 1. The van der Waals surface area contributed by atoms with Crippen molar-refractivity contribution in [2.75, 3.05) is 0 Å². The van der Waals surface area contributed by atoms with Gasteiger partial charge in [-0.2, -0.15) is 13.2 Å². The van der Waals surface area contributed by atoms with E-state index in [0.717, 1.165) is 17.0 Å². The summed E-state index contributed by atoms with van der Waals surface area (Å²) in [5, 5.41) is 5.01. The molecule has 1 unspecified atom stereocenters. The molecule has 1 aromatic carbocycles. The third-order valence-corrected chi connectivity index (χ3v) is 3.92. The van der Waals surface area contributed by atoms with E-state index in [9.17, 15) is 17.6 Å². The molecule has 2 rings (SSSR count). The number of benzene rings is 1. The minimum atomic E-state index is -4.53. The van der Waals surface area contributed by atoms with Crippen LogP contribution >= 0.6 is 11.3 Å². The summed E-state index contributed by atoms with van der Waals surface area (Å²) in [5.41, 5.74) is -0.682. The molecule has 108 valence electrons. The Kier molecular flexibility index (Phi) is 4.45. The van der Waals surface area contributed by atoms with E-state index in [1.54, 1.807) is 11.3 Å². The van der Waals surface area contributed by atoms with E-state index in [4.69, 9.17) is 0 Å². The van der Waals surface area contributed by atoms with Gasteiger partial charge in [-0.1, -0.05) is 6.07 Å². The van der Waals surface area contributed by atoms with Gasteiger partial charge in [-0.15, -0.1) is 11.3 Å². The number of hydrogen-bond acceptors (Lipinski definition) is 2. The summed E-state index contributed by atoms with van der Waals surface area (Å²) in [6.07, 6.45) is -4.53. The van der Waals surface area contributed by atoms with E-state index in [1.165, 1.54) is 0 Å². The number of nitrogens with one attached hydrogen (secondary N) is 1. The van der Waals surface area contributed by atoms with Crippen LogP contribution in [0.25, 0.3) is 0 Å². The average Bonchev–Trinajstić information content (AvgIpc) is 2.88. The summed E-state index contributed by atoms with van der Waals surface area (Å²) < 4.78 is 51.0. The fourth-order valence-electron chi connectivity index (χ4n) is 1.83. The quantitative estimate of drug-likeness (QED) is 0.803. The molecule has 0 aliphatic heterocycles. The minimum absolute atomic E-state index is 0.00704. The second-order valence-corrected chi connectivity index (χ2v) is 5.44. The summed E-state index contributed by atoms with van der Waals surface area (Å²) in [5.74, 6) is -0.875. The van der Waals surface area contributed by atoms with Gasteiger partial charge in [-0.25, -0.2) is 4.39 Å². The number of hydrogen-bond donors (Lipinski definition) is 1. The van der Waals surface area contributed by atoms with Gasteiger partial charge < -0.3 is 5.32 Å². The second kappa shape index (κ2) is 5.93. The summed E-state index contributed by atoms with van der Waals surface area (Å²) in [6, 6.07) is 6.44. The summed E-state index contributed by atoms with van der Waals surface area (Å²) >= 11 is 1.56. The SMILES string of the molecule is CC(NCc1cc(F)cc(C(F)(F)F)c1)c1cccs1. The highest BCUT2D eigenvalue weighted by Gasteiger charge is 2.31. The van der Waals surface area contributed by atoms with Crippen LogP contribution in [0.5, 0.6) is 0 Å². The molecular formula is C14H13F4NS. The standard InChI is InChI=1S/C14H13F4NS/c1-9(13-3-2-4-20-13)19-8-10-5-11(14(16,17)18)7-12(15)6-10/h2-7,9,19H,8H2,1H3. The zero-order chi connectivity index (χ0) is 14.8. The molecule has 0 saturated heterocycles. The molecule has 2 aromatic rings. The Morgan fingerprint density at radius 1 is 1.25 bits per heavy atom. The van der Waals surface area contributed by atoms with E-state index in [2.05, 4.69) is 5.32 Å². The third kappa shape index (κ3) is 3.80. The van der Waals surface area contributed by atoms with Gasteiger partial charge in [-0.05, 0) is 42.1 Å². The molecule has 0 bridgehead atoms. The zero-order valence-electron chi connectivity index (χ0n) is 10.7. The van der Waals surface area contributed by atoms with Crippen LogP contribution in [-0.4, -0.2) is 0 Å². The highest BCUT2D eigenvalue weighted by Crippen LogP contribution is 2.30. The number of halogens is 4. The first-order valence-electron chi connectivity index (χ1n) is 5.99. The highest BCUT2D eigenvalue weighted by molar-refractivity contribution is 7.10. The van der Waals surface area contributed by atoms with Gasteiger partial charge in [0.05, 0.1) is 5.56 Å². The Hall–Kier alpha value is -1.40. The maximum absolute atomic E-state index is 13.2. The Morgan fingerprint density at radius 3 is 2.60 bits per heavy atom. The molecule has 20 heavy (non-hydrogen) atoms. The lowest BCUT2D eigenvalue weighted by molar-refractivity contribution is -0.137. The molecule has 0 spiro atoms. The predicted molar refractivity (Wildman–Crippen MR) is 71.0 cm³/mol. The first-order valence-corrected chi connectivity index (χ1v) is 6.87. The first-order chi connectivity index (χ1) is 9.36. The molecule has 0 radical (unpaired) electrons. The van der Waals surface area contributed by atoms with Crippen LogP contribution in [0, 0.1) is 5.82 Å². The van der Waals surface area contributed by atoms with Crippen molar-refractivity contribution in [2.45, 2.75) is 25.7 Å². The van der Waals surface area contributed by atoms with Crippen LogP contribution < -0.4 is 5.32 Å². The number of alkyl halides is 3. The van der Waals surface area contributed by atoms with Gasteiger partial charge >= 0.3 is 6.18 Å². The van der Waals surface area contributed by atoms with Crippen LogP contribution in [0.1, 0.15) is 29.0 Å². The van der Waals surface area contributed by atoms with Crippen molar-refractivity contribution in [3.05, 3.63) is 57.5 Å². The van der Waals surface area contributed by atoms with E-state index >= 15 is 0 Å². The monoisotopic (exact) mass is 303 g/mol. The molecule has 0 fully saturated rings. The van der Waals surface area contributed by atoms with Gasteiger partial charge in [-0.3, -0.25) is 0 Å². The largest absolute Gasteiger partial charge is 0.416 e. The molecule has 6 heteroatoms. The van der Waals surface area contributed by atoms with Crippen molar-refractivity contribution in [1.82, 2.24) is 5.32 Å². The van der Waals surface area contributed by atoms with Crippen molar-refractivity contribution < 1.29 is 17.6 Å². The molecule has 1 aromatic heterocycles. The topological polar surface area (TPSA) is 12.0 Å². The highest BCUT2D eigenvalue weighted by atomic mass is 32.1. The maximum Gasteiger partial charge on any atom is 0.416 e.